The van der Waals surface area contributed by atoms with Gasteiger partial charge in [-0.3, -0.25) is 4.98 Å². The van der Waals surface area contributed by atoms with Crippen LogP contribution in [0.5, 0.6) is 0 Å². The number of anilines is 3. The molecule has 0 aromatic carbocycles. The summed E-state index contributed by atoms with van der Waals surface area (Å²) in [5, 5.41) is 6.39. The van der Waals surface area contributed by atoms with Crippen molar-refractivity contribution in [2.45, 2.75) is 19.9 Å². The van der Waals surface area contributed by atoms with Gasteiger partial charge in [0.15, 0.2) is 0 Å². The van der Waals surface area contributed by atoms with E-state index >= 15 is 0 Å². The standard InChI is InChI=1S/C11H16N6S/c1-2-3-14-9-4-10(17-11(12)16-9)15-6-8-5-13-7-18-8/h4-5,7H,2-3,6H2,1H3,(H4,12,14,15,16,17). The minimum Gasteiger partial charge on any atom is -0.370 e. The maximum Gasteiger partial charge on any atom is 0.223 e. The summed E-state index contributed by atoms with van der Waals surface area (Å²) in [5.74, 6) is 1.73. The minimum absolute atomic E-state index is 0.267. The number of thiazole rings is 1. The molecule has 0 aliphatic carbocycles. The molecule has 0 radical (unpaired) electrons. The van der Waals surface area contributed by atoms with E-state index in [0.29, 0.717) is 6.54 Å². The fraction of sp³-hybridized carbons (Fsp3) is 0.364. The van der Waals surface area contributed by atoms with Crippen molar-refractivity contribution in [2.24, 2.45) is 0 Å². The van der Waals surface area contributed by atoms with Crippen LogP contribution in [0.15, 0.2) is 17.8 Å². The Morgan fingerprint density at radius 2 is 2.06 bits per heavy atom. The second-order valence-electron chi connectivity index (χ2n) is 3.74. The molecule has 4 N–H and O–H groups in total. The molecule has 0 unspecified atom stereocenters. The number of hydrogen-bond acceptors (Lipinski definition) is 7. The van der Waals surface area contributed by atoms with Crippen molar-refractivity contribution in [2.75, 3.05) is 22.9 Å². The van der Waals surface area contributed by atoms with Crippen molar-refractivity contribution in [3.05, 3.63) is 22.7 Å². The Kier molecular flexibility index (Phi) is 4.30. The predicted octanol–water partition coefficient (Wildman–Crippen LogP) is 1.95. The first-order valence-corrected chi connectivity index (χ1v) is 6.65. The number of hydrogen-bond donors (Lipinski definition) is 3. The Labute approximate surface area is 110 Å². The van der Waals surface area contributed by atoms with Gasteiger partial charge in [-0.25, -0.2) is 0 Å². The van der Waals surface area contributed by atoms with Gasteiger partial charge in [0.1, 0.15) is 11.6 Å². The third kappa shape index (κ3) is 3.56. The number of nitrogens with zero attached hydrogens (tertiary/aromatic N) is 3. The van der Waals surface area contributed by atoms with Gasteiger partial charge in [0.25, 0.3) is 0 Å². The number of nitrogens with two attached hydrogens (primary N) is 1. The van der Waals surface area contributed by atoms with Crippen molar-refractivity contribution in [1.82, 2.24) is 15.0 Å². The van der Waals surface area contributed by atoms with Crippen molar-refractivity contribution in [1.29, 1.82) is 0 Å². The summed E-state index contributed by atoms with van der Waals surface area (Å²) in [7, 11) is 0. The molecule has 0 saturated heterocycles. The fourth-order valence-electron chi connectivity index (χ4n) is 1.41. The molecule has 2 aromatic heterocycles. The lowest BCUT2D eigenvalue weighted by Gasteiger charge is -2.08. The summed E-state index contributed by atoms with van der Waals surface area (Å²) < 4.78 is 0. The van der Waals surface area contributed by atoms with E-state index in [1.165, 1.54) is 0 Å². The van der Waals surface area contributed by atoms with E-state index in [0.717, 1.165) is 29.5 Å². The van der Waals surface area contributed by atoms with Crippen molar-refractivity contribution < 1.29 is 0 Å². The van der Waals surface area contributed by atoms with Gasteiger partial charge in [0.05, 0.1) is 12.1 Å². The second kappa shape index (κ2) is 6.15. The van der Waals surface area contributed by atoms with Crippen LogP contribution in [0.3, 0.4) is 0 Å². The average Bonchev–Trinajstić information content (AvgIpc) is 2.86. The van der Waals surface area contributed by atoms with Crippen LogP contribution in [0.1, 0.15) is 18.2 Å². The molecular weight excluding hydrogens is 248 g/mol. The molecule has 2 rings (SSSR count). The van der Waals surface area contributed by atoms with E-state index in [4.69, 9.17) is 5.73 Å². The first-order valence-electron chi connectivity index (χ1n) is 5.77. The van der Waals surface area contributed by atoms with Crippen LogP contribution in [0, 0.1) is 0 Å². The Morgan fingerprint density at radius 1 is 1.28 bits per heavy atom. The zero-order chi connectivity index (χ0) is 12.8. The van der Waals surface area contributed by atoms with E-state index in [1.54, 1.807) is 16.8 Å². The topological polar surface area (TPSA) is 88.8 Å². The van der Waals surface area contributed by atoms with Gasteiger partial charge in [-0.15, -0.1) is 11.3 Å². The first-order chi connectivity index (χ1) is 8.78. The normalized spacial score (nSPS) is 10.3. The Balaban J connectivity index is 2.00. The molecule has 2 aromatic rings. The fourth-order valence-corrected chi connectivity index (χ4v) is 1.94. The van der Waals surface area contributed by atoms with Crippen LogP contribution in [0.25, 0.3) is 0 Å². The predicted molar refractivity (Wildman–Crippen MR) is 74.7 cm³/mol. The van der Waals surface area contributed by atoms with Crippen LogP contribution >= 0.6 is 11.3 Å². The largest absolute Gasteiger partial charge is 0.370 e. The van der Waals surface area contributed by atoms with E-state index in [-0.39, 0.29) is 5.95 Å². The van der Waals surface area contributed by atoms with Gasteiger partial charge in [0.2, 0.25) is 5.95 Å². The van der Waals surface area contributed by atoms with Crippen LogP contribution < -0.4 is 16.4 Å². The molecule has 0 atom stereocenters. The smallest absolute Gasteiger partial charge is 0.223 e. The lowest BCUT2D eigenvalue weighted by atomic mass is 10.4. The zero-order valence-electron chi connectivity index (χ0n) is 10.2. The van der Waals surface area contributed by atoms with Gasteiger partial charge in [0, 0.05) is 23.7 Å². The van der Waals surface area contributed by atoms with Crippen LogP contribution in [-0.4, -0.2) is 21.5 Å². The molecule has 0 bridgehead atoms. The summed E-state index contributed by atoms with van der Waals surface area (Å²) in [4.78, 5) is 13.4. The van der Waals surface area contributed by atoms with Crippen molar-refractivity contribution in [3.63, 3.8) is 0 Å². The molecule has 0 aliphatic heterocycles. The summed E-state index contributed by atoms with van der Waals surface area (Å²) in [5.41, 5.74) is 7.47. The maximum atomic E-state index is 5.67. The van der Waals surface area contributed by atoms with Crippen molar-refractivity contribution in [3.8, 4) is 0 Å². The van der Waals surface area contributed by atoms with Gasteiger partial charge in [-0.05, 0) is 6.42 Å². The third-order valence-electron chi connectivity index (χ3n) is 2.23. The van der Waals surface area contributed by atoms with Crippen LogP contribution in [-0.2, 0) is 6.54 Å². The van der Waals surface area contributed by atoms with E-state index in [2.05, 4.69) is 32.5 Å². The van der Waals surface area contributed by atoms with Gasteiger partial charge < -0.3 is 16.4 Å². The maximum absolute atomic E-state index is 5.67. The highest BCUT2D eigenvalue weighted by Crippen LogP contribution is 2.14. The third-order valence-corrected chi connectivity index (χ3v) is 3.01. The van der Waals surface area contributed by atoms with Gasteiger partial charge >= 0.3 is 0 Å². The minimum atomic E-state index is 0.267. The molecular formula is C11H16N6S. The summed E-state index contributed by atoms with van der Waals surface area (Å²) in [6.07, 6.45) is 2.87. The van der Waals surface area contributed by atoms with Gasteiger partial charge in [-0.2, -0.15) is 9.97 Å². The van der Waals surface area contributed by atoms with E-state index in [1.807, 2.05) is 12.3 Å². The molecule has 0 spiro atoms. The summed E-state index contributed by atoms with van der Waals surface area (Å²) in [6.45, 7) is 3.65. The number of rotatable bonds is 6. The SMILES string of the molecule is CCCNc1cc(NCc2cncs2)nc(N)n1. The highest BCUT2D eigenvalue weighted by atomic mass is 32.1. The molecule has 0 fully saturated rings. The molecule has 0 saturated carbocycles. The average molecular weight is 264 g/mol. The molecule has 18 heavy (non-hydrogen) atoms. The Bertz CT molecular complexity index is 484. The molecule has 96 valence electrons. The molecule has 2 heterocycles. The molecule has 7 heteroatoms. The van der Waals surface area contributed by atoms with Crippen molar-refractivity contribution >= 4 is 28.9 Å². The van der Waals surface area contributed by atoms with Crippen LogP contribution in [0.4, 0.5) is 17.6 Å². The highest BCUT2D eigenvalue weighted by molar-refractivity contribution is 7.09. The van der Waals surface area contributed by atoms with Gasteiger partial charge in [-0.1, -0.05) is 6.92 Å². The molecule has 6 nitrogen and oxygen atoms in total. The first kappa shape index (κ1) is 12.6. The summed E-state index contributed by atoms with van der Waals surface area (Å²) in [6, 6.07) is 1.85. The number of nitrogens with one attached hydrogen (secondary N) is 2. The highest BCUT2D eigenvalue weighted by Gasteiger charge is 2.02. The monoisotopic (exact) mass is 264 g/mol. The van der Waals surface area contributed by atoms with Crippen LogP contribution in [0.2, 0.25) is 0 Å². The Hall–Kier alpha value is -1.89. The molecule has 0 aliphatic rings. The molecule has 0 amide bonds. The van der Waals surface area contributed by atoms with E-state index in [9.17, 15) is 0 Å². The second-order valence-corrected chi connectivity index (χ2v) is 4.72. The lowest BCUT2D eigenvalue weighted by Crippen LogP contribution is -2.08. The quantitative estimate of drug-likeness (QED) is 0.739. The number of aromatic nitrogens is 3. The van der Waals surface area contributed by atoms with E-state index < -0.39 is 0 Å². The summed E-state index contributed by atoms with van der Waals surface area (Å²) >= 11 is 1.60. The zero-order valence-corrected chi connectivity index (χ0v) is 11.0. The number of nitrogen functional groups attached to an aromatic ring is 1. The Morgan fingerprint density at radius 3 is 2.72 bits per heavy atom. The lowest BCUT2D eigenvalue weighted by molar-refractivity contribution is 0.965.